The van der Waals surface area contributed by atoms with E-state index < -0.39 is 31.3 Å². The van der Waals surface area contributed by atoms with Crippen LogP contribution in [-0.4, -0.2) is 25.4 Å². The minimum Gasteiger partial charge on any atom is -0.493 e. The molecule has 1 aromatic heterocycles. The Bertz CT molecular complexity index is 961. The summed E-state index contributed by atoms with van der Waals surface area (Å²) in [5, 5.41) is 0.804. The molecular formula is C21H17F3O4. The van der Waals surface area contributed by atoms with Gasteiger partial charge in [0.1, 0.15) is 36.2 Å². The van der Waals surface area contributed by atoms with Crippen LogP contribution in [0.2, 0.25) is 0 Å². The van der Waals surface area contributed by atoms with Gasteiger partial charge in [-0.05, 0) is 18.2 Å². The van der Waals surface area contributed by atoms with Crippen LogP contribution in [0.15, 0.2) is 71.7 Å². The zero-order valence-electron chi connectivity index (χ0n) is 14.7. The Morgan fingerprint density at radius 3 is 2.54 bits per heavy atom. The molecule has 1 heterocycles. The molecule has 0 spiro atoms. The Labute approximate surface area is 159 Å². The van der Waals surface area contributed by atoms with Gasteiger partial charge in [-0.1, -0.05) is 36.9 Å². The lowest BCUT2D eigenvalue weighted by molar-refractivity contribution is -0.195. The van der Waals surface area contributed by atoms with Gasteiger partial charge in [-0.15, -0.1) is 0 Å². The highest BCUT2D eigenvalue weighted by Crippen LogP contribution is 2.31. The van der Waals surface area contributed by atoms with Crippen LogP contribution in [-0.2, 0) is 9.53 Å². The highest BCUT2D eigenvalue weighted by molar-refractivity contribution is 5.84. The Morgan fingerprint density at radius 2 is 1.86 bits per heavy atom. The first-order valence-corrected chi connectivity index (χ1v) is 8.44. The largest absolute Gasteiger partial charge is 0.493 e. The highest BCUT2D eigenvalue weighted by Gasteiger charge is 2.41. The molecule has 3 rings (SSSR count). The number of hydrogen-bond donors (Lipinski definition) is 0. The summed E-state index contributed by atoms with van der Waals surface area (Å²) >= 11 is 0. The normalized spacial score (nSPS) is 12.5. The summed E-state index contributed by atoms with van der Waals surface area (Å²) in [6.45, 7) is 1.62. The van der Waals surface area contributed by atoms with Crippen molar-refractivity contribution in [1.29, 1.82) is 0 Å². The summed E-state index contributed by atoms with van der Waals surface area (Å²) in [7, 11) is 0. The van der Waals surface area contributed by atoms with Crippen molar-refractivity contribution in [3.63, 3.8) is 0 Å². The Morgan fingerprint density at radius 1 is 1.11 bits per heavy atom. The molecule has 4 nitrogen and oxygen atoms in total. The fourth-order valence-electron chi connectivity index (χ4n) is 2.52. The van der Waals surface area contributed by atoms with Gasteiger partial charge in [-0.2, -0.15) is 13.2 Å². The van der Waals surface area contributed by atoms with Gasteiger partial charge in [0.05, 0.1) is 0 Å². The van der Waals surface area contributed by atoms with E-state index in [1.165, 1.54) is 6.07 Å². The molecule has 0 saturated carbocycles. The summed E-state index contributed by atoms with van der Waals surface area (Å²) in [6, 6.07) is 16.1. The van der Waals surface area contributed by atoms with Crippen LogP contribution in [0.25, 0.3) is 22.3 Å². The molecule has 0 aliphatic rings. The fraction of sp³-hybridized carbons (Fsp3) is 0.190. The van der Waals surface area contributed by atoms with Crippen LogP contribution >= 0.6 is 0 Å². The number of hydrogen-bond acceptors (Lipinski definition) is 4. The Balaban J connectivity index is 1.72. The van der Waals surface area contributed by atoms with Crippen molar-refractivity contribution in [1.82, 2.24) is 0 Å². The minimum atomic E-state index is -4.57. The second kappa shape index (κ2) is 8.21. The first-order valence-electron chi connectivity index (χ1n) is 8.44. The third kappa shape index (κ3) is 4.73. The van der Waals surface area contributed by atoms with Crippen molar-refractivity contribution >= 4 is 16.9 Å². The number of benzene rings is 2. The van der Waals surface area contributed by atoms with Crippen molar-refractivity contribution in [2.45, 2.75) is 6.18 Å². The standard InChI is InChI=1S/C21H17F3O4/c1-2-20(25)27-13-16(21(22,23)24)12-26-17-9-8-15-10-18(28-19(15)11-17)14-6-4-3-5-7-14/h2-11,16H,1,12-13H2. The molecular weight excluding hydrogens is 373 g/mol. The number of esters is 1. The number of carbonyl (C=O) groups is 1. The van der Waals surface area contributed by atoms with Crippen LogP contribution < -0.4 is 4.74 Å². The summed E-state index contributed by atoms with van der Waals surface area (Å²) in [4.78, 5) is 11.0. The number of halogens is 3. The van der Waals surface area contributed by atoms with E-state index in [0.717, 1.165) is 17.0 Å². The van der Waals surface area contributed by atoms with Crippen LogP contribution in [0.1, 0.15) is 0 Å². The van der Waals surface area contributed by atoms with Crippen molar-refractivity contribution in [3.8, 4) is 17.1 Å². The summed E-state index contributed by atoms with van der Waals surface area (Å²) < 4.78 is 54.9. The van der Waals surface area contributed by atoms with Crippen LogP contribution in [0, 0.1) is 5.92 Å². The van der Waals surface area contributed by atoms with Crippen molar-refractivity contribution < 1.29 is 31.9 Å². The van der Waals surface area contributed by atoms with Gasteiger partial charge in [-0.3, -0.25) is 0 Å². The third-order valence-electron chi connectivity index (χ3n) is 4.06. The predicted octanol–water partition coefficient (Wildman–Crippen LogP) is 5.39. The Kier molecular flexibility index (Phi) is 5.73. The zero-order chi connectivity index (χ0) is 20.1. The average molecular weight is 390 g/mol. The zero-order valence-corrected chi connectivity index (χ0v) is 14.7. The van der Waals surface area contributed by atoms with Gasteiger partial charge in [0.2, 0.25) is 0 Å². The second-order valence-electron chi connectivity index (χ2n) is 6.06. The SMILES string of the molecule is C=CC(=O)OCC(COc1ccc2cc(-c3ccccc3)oc2c1)C(F)(F)F. The average Bonchev–Trinajstić information content (AvgIpc) is 3.10. The molecule has 28 heavy (non-hydrogen) atoms. The van der Waals surface area contributed by atoms with E-state index in [2.05, 4.69) is 11.3 Å². The van der Waals surface area contributed by atoms with Gasteiger partial charge >= 0.3 is 12.1 Å². The van der Waals surface area contributed by atoms with E-state index >= 15 is 0 Å². The second-order valence-corrected chi connectivity index (χ2v) is 6.06. The molecule has 7 heteroatoms. The third-order valence-corrected chi connectivity index (χ3v) is 4.06. The van der Waals surface area contributed by atoms with E-state index in [-0.39, 0.29) is 5.75 Å². The lowest BCUT2D eigenvalue weighted by Crippen LogP contribution is -2.33. The van der Waals surface area contributed by atoms with Gasteiger partial charge in [0.15, 0.2) is 0 Å². The van der Waals surface area contributed by atoms with Crippen molar-refractivity contribution in [2.24, 2.45) is 5.92 Å². The van der Waals surface area contributed by atoms with Crippen LogP contribution in [0.5, 0.6) is 5.75 Å². The molecule has 1 unspecified atom stereocenters. The summed E-state index contributed by atoms with van der Waals surface area (Å²) in [5.74, 6) is -1.99. The molecule has 3 aromatic rings. The van der Waals surface area contributed by atoms with Gasteiger partial charge < -0.3 is 13.9 Å². The van der Waals surface area contributed by atoms with Crippen molar-refractivity contribution in [3.05, 3.63) is 67.3 Å². The van der Waals surface area contributed by atoms with E-state index in [1.807, 2.05) is 36.4 Å². The molecule has 0 amide bonds. The van der Waals surface area contributed by atoms with Gasteiger partial charge in [-0.25, -0.2) is 4.79 Å². The molecule has 1 atom stereocenters. The highest BCUT2D eigenvalue weighted by atomic mass is 19.4. The molecule has 0 radical (unpaired) electrons. The Hall–Kier alpha value is -3.22. The number of alkyl halides is 3. The number of carbonyl (C=O) groups excluding carboxylic acids is 1. The first-order chi connectivity index (χ1) is 13.4. The lowest BCUT2D eigenvalue weighted by Gasteiger charge is -2.20. The maximum absolute atomic E-state index is 13.1. The number of fused-ring (bicyclic) bond motifs is 1. The minimum absolute atomic E-state index is 0.228. The van der Waals surface area contributed by atoms with Gasteiger partial charge in [0.25, 0.3) is 0 Å². The smallest absolute Gasteiger partial charge is 0.398 e. The summed E-state index contributed by atoms with van der Waals surface area (Å²) in [6.07, 6.45) is -3.76. The molecule has 0 fully saturated rings. The lowest BCUT2D eigenvalue weighted by atomic mass is 10.1. The quantitative estimate of drug-likeness (QED) is 0.401. The van der Waals surface area contributed by atoms with Gasteiger partial charge in [0, 0.05) is 23.1 Å². The van der Waals surface area contributed by atoms with E-state index in [1.54, 1.807) is 12.1 Å². The molecule has 0 bridgehead atoms. The molecule has 0 aliphatic carbocycles. The molecule has 0 N–H and O–H groups in total. The van der Waals surface area contributed by atoms with E-state index in [0.29, 0.717) is 11.3 Å². The number of ether oxygens (including phenoxy) is 2. The maximum Gasteiger partial charge on any atom is 0.398 e. The van der Waals surface area contributed by atoms with E-state index in [4.69, 9.17) is 9.15 Å². The first kappa shape index (κ1) is 19.5. The molecule has 146 valence electrons. The summed E-state index contributed by atoms with van der Waals surface area (Å²) in [5.41, 5.74) is 1.39. The van der Waals surface area contributed by atoms with Crippen LogP contribution in [0.3, 0.4) is 0 Å². The number of furan rings is 1. The molecule has 2 aromatic carbocycles. The fourth-order valence-corrected chi connectivity index (χ4v) is 2.52. The number of rotatable bonds is 7. The monoisotopic (exact) mass is 390 g/mol. The molecule has 0 aliphatic heterocycles. The van der Waals surface area contributed by atoms with Crippen molar-refractivity contribution in [2.75, 3.05) is 13.2 Å². The maximum atomic E-state index is 13.1. The van der Waals surface area contributed by atoms with E-state index in [9.17, 15) is 18.0 Å². The van der Waals surface area contributed by atoms with Crippen LogP contribution in [0.4, 0.5) is 13.2 Å². The predicted molar refractivity (Wildman–Crippen MR) is 97.8 cm³/mol. The topological polar surface area (TPSA) is 48.7 Å². The molecule has 0 saturated heterocycles.